The fourth-order valence-electron chi connectivity index (χ4n) is 1.68. The van der Waals surface area contributed by atoms with Crippen LogP contribution in [-0.4, -0.2) is 12.6 Å². The number of hydrogen-bond acceptors (Lipinski definition) is 2. The second-order valence-electron chi connectivity index (χ2n) is 4.14. The zero-order valence-corrected chi connectivity index (χ0v) is 9.05. The largest absolute Gasteiger partial charge is 0.492 e. The maximum atomic E-state index is 5.73. The smallest absolute Gasteiger partial charge is 0.124 e. The maximum absolute atomic E-state index is 5.73. The predicted octanol–water partition coefficient (Wildman–Crippen LogP) is 2.17. The molecule has 2 heteroatoms. The third-order valence-corrected chi connectivity index (χ3v) is 2.81. The number of aryl methyl sites for hydroxylation is 2. The van der Waals surface area contributed by atoms with Crippen molar-refractivity contribution >= 4 is 0 Å². The molecule has 1 unspecified atom stereocenters. The summed E-state index contributed by atoms with van der Waals surface area (Å²) in [7, 11) is 0. The minimum absolute atomic E-state index is 0.433. The van der Waals surface area contributed by atoms with E-state index < -0.39 is 0 Å². The fraction of sp³-hybridized carbons (Fsp3) is 0.500. The molecule has 2 nitrogen and oxygen atoms in total. The van der Waals surface area contributed by atoms with Crippen LogP contribution in [0.2, 0.25) is 0 Å². The van der Waals surface area contributed by atoms with Gasteiger partial charge in [-0.2, -0.15) is 0 Å². The Morgan fingerprint density at radius 3 is 2.79 bits per heavy atom. The first-order chi connectivity index (χ1) is 6.66. The lowest BCUT2D eigenvalue weighted by Gasteiger charge is -2.09. The molecule has 76 valence electrons. The minimum Gasteiger partial charge on any atom is -0.492 e. The molecule has 0 radical (unpaired) electrons. The Morgan fingerprint density at radius 2 is 2.00 bits per heavy atom. The summed E-state index contributed by atoms with van der Waals surface area (Å²) in [4.78, 5) is 0. The Hall–Kier alpha value is -1.02. The quantitative estimate of drug-likeness (QED) is 0.678. The molecule has 0 saturated heterocycles. The van der Waals surface area contributed by atoms with Gasteiger partial charge in [0.25, 0.3) is 0 Å². The molecule has 1 N–H and O–H groups in total. The first-order valence-corrected chi connectivity index (χ1v) is 5.13. The van der Waals surface area contributed by atoms with Crippen LogP contribution in [0.3, 0.4) is 0 Å². The Bertz CT molecular complexity index is 313. The zero-order chi connectivity index (χ0) is 10.1. The van der Waals surface area contributed by atoms with Gasteiger partial charge in [0.1, 0.15) is 12.4 Å². The lowest BCUT2D eigenvalue weighted by atomic mass is 10.1. The Morgan fingerprint density at radius 1 is 1.29 bits per heavy atom. The zero-order valence-electron chi connectivity index (χ0n) is 9.05. The van der Waals surface area contributed by atoms with Gasteiger partial charge >= 0.3 is 0 Å². The molecule has 1 aromatic carbocycles. The topological polar surface area (TPSA) is 21.3 Å². The van der Waals surface area contributed by atoms with Crippen LogP contribution >= 0.6 is 0 Å². The second kappa shape index (κ2) is 3.62. The van der Waals surface area contributed by atoms with Gasteiger partial charge in [-0.3, -0.25) is 0 Å². The van der Waals surface area contributed by atoms with Crippen molar-refractivity contribution in [3.05, 3.63) is 28.8 Å². The molecule has 1 atom stereocenters. The normalized spacial score (nSPS) is 20.9. The van der Waals surface area contributed by atoms with Gasteiger partial charge in [0.05, 0.1) is 0 Å². The SMILES string of the molecule is Cc1cc2c(cc1C)OCC(C)NC2. The van der Waals surface area contributed by atoms with E-state index in [2.05, 4.69) is 38.2 Å². The van der Waals surface area contributed by atoms with Crippen molar-refractivity contribution in [2.24, 2.45) is 0 Å². The van der Waals surface area contributed by atoms with Crippen molar-refractivity contribution < 1.29 is 4.74 Å². The highest BCUT2D eigenvalue weighted by atomic mass is 16.5. The van der Waals surface area contributed by atoms with Gasteiger partial charge < -0.3 is 10.1 Å². The van der Waals surface area contributed by atoms with E-state index in [1.165, 1.54) is 16.7 Å². The van der Waals surface area contributed by atoms with Gasteiger partial charge in [0.2, 0.25) is 0 Å². The highest BCUT2D eigenvalue weighted by Gasteiger charge is 2.13. The maximum Gasteiger partial charge on any atom is 0.124 e. The molecular formula is C12H17NO. The standard InChI is InChI=1S/C12H17NO/c1-8-4-11-6-13-10(3)7-14-12(11)5-9(8)2/h4-5,10,13H,6-7H2,1-3H3. The number of benzene rings is 1. The van der Waals surface area contributed by atoms with E-state index in [0.717, 1.165) is 18.9 Å². The fourth-order valence-corrected chi connectivity index (χ4v) is 1.68. The lowest BCUT2D eigenvalue weighted by molar-refractivity contribution is 0.287. The van der Waals surface area contributed by atoms with Crippen LogP contribution < -0.4 is 10.1 Å². The first-order valence-electron chi connectivity index (χ1n) is 5.13. The summed E-state index contributed by atoms with van der Waals surface area (Å²) in [5.74, 6) is 1.05. The Kier molecular flexibility index (Phi) is 2.46. The van der Waals surface area contributed by atoms with Crippen molar-refractivity contribution in [2.45, 2.75) is 33.4 Å². The number of fused-ring (bicyclic) bond motifs is 1. The van der Waals surface area contributed by atoms with E-state index in [0.29, 0.717) is 6.04 Å². The molecule has 0 aromatic heterocycles. The monoisotopic (exact) mass is 191 g/mol. The van der Waals surface area contributed by atoms with Gasteiger partial charge in [0.15, 0.2) is 0 Å². The van der Waals surface area contributed by atoms with Gasteiger partial charge in [0, 0.05) is 18.2 Å². The highest BCUT2D eigenvalue weighted by Crippen LogP contribution is 2.24. The number of nitrogens with one attached hydrogen (secondary N) is 1. The van der Waals surface area contributed by atoms with Crippen molar-refractivity contribution in [1.82, 2.24) is 5.32 Å². The van der Waals surface area contributed by atoms with E-state index in [9.17, 15) is 0 Å². The predicted molar refractivity (Wildman–Crippen MR) is 57.7 cm³/mol. The van der Waals surface area contributed by atoms with Crippen LogP contribution in [0, 0.1) is 13.8 Å². The summed E-state index contributed by atoms with van der Waals surface area (Å²) in [6.07, 6.45) is 0. The Labute approximate surface area is 85.3 Å². The molecule has 0 bridgehead atoms. The van der Waals surface area contributed by atoms with E-state index in [1.54, 1.807) is 0 Å². The van der Waals surface area contributed by atoms with Crippen molar-refractivity contribution in [1.29, 1.82) is 0 Å². The molecule has 1 aliphatic rings. The van der Waals surface area contributed by atoms with E-state index in [1.807, 2.05) is 0 Å². The van der Waals surface area contributed by atoms with Crippen LogP contribution in [-0.2, 0) is 6.54 Å². The van der Waals surface area contributed by atoms with Gasteiger partial charge in [-0.1, -0.05) is 6.07 Å². The summed E-state index contributed by atoms with van der Waals surface area (Å²) < 4.78 is 5.73. The van der Waals surface area contributed by atoms with Crippen LogP contribution in [0.5, 0.6) is 5.75 Å². The van der Waals surface area contributed by atoms with Crippen LogP contribution in [0.15, 0.2) is 12.1 Å². The van der Waals surface area contributed by atoms with Crippen LogP contribution in [0.4, 0.5) is 0 Å². The number of rotatable bonds is 0. The molecule has 14 heavy (non-hydrogen) atoms. The molecule has 1 aromatic rings. The highest BCUT2D eigenvalue weighted by molar-refractivity contribution is 5.42. The summed E-state index contributed by atoms with van der Waals surface area (Å²) >= 11 is 0. The summed E-state index contributed by atoms with van der Waals surface area (Å²) in [5, 5.41) is 3.42. The third-order valence-electron chi connectivity index (χ3n) is 2.81. The van der Waals surface area contributed by atoms with Crippen LogP contribution in [0.25, 0.3) is 0 Å². The van der Waals surface area contributed by atoms with E-state index in [-0.39, 0.29) is 0 Å². The Balaban J connectivity index is 2.36. The molecule has 0 amide bonds. The molecule has 0 spiro atoms. The molecule has 1 aliphatic heterocycles. The third kappa shape index (κ3) is 1.75. The van der Waals surface area contributed by atoms with Crippen molar-refractivity contribution in [3.8, 4) is 5.75 Å². The average molecular weight is 191 g/mol. The first kappa shape index (κ1) is 9.53. The summed E-state index contributed by atoms with van der Waals surface area (Å²) in [5.41, 5.74) is 3.92. The van der Waals surface area contributed by atoms with Gasteiger partial charge in [-0.25, -0.2) is 0 Å². The molecular weight excluding hydrogens is 174 g/mol. The van der Waals surface area contributed by atoms with E-state index >= 15 is 0 Å². The number of ether oxygens (including phenoxy) is 1. The minimum atomic E-state index is 0.433. The van der Waals surface area contributed by atoms with Crippen LogP contribution in [0.1, 0.15) is 23.6 Å². The molecule has 0 fully saturated rings. The molecule has 0 saturated carbocycles. The second-order valence-corrected chi connectivity index (χ2v) is 4.14. The van der Waals surface area contributed by atoms with Crippen molar-refractivity contribution in [3.63, 3.8) is 0 Å². The summed E-state index contributed by atoms with van der Waals surface area (Å²) in [6.45, 7) is 8.09. The van der Waals surface area contributed by atoms with E-state index in [4.69, 9.17) is 4.74 Å². The number of hydrogen-bond donors (Lipinski definition) is 1. The van der Waals surface area contributed by atoms with Gasteiger partial charge in [-0.05, 0) is 38.0 Å². The molecule has 1 heterocycles. The van der Waals surface area contributed by atoms with Gasteiger partial charge in [-0.15, -0.1) is 0 Å². The lowest BCUT2D eigenvalue weighted by Crippen LogP contribution is -2.28. The van der Waals surface area contributed by atoms with Crippen molar-refractivity contribution in [2.75, 3.05) is 6.61 Å². The molecule has 2 rings (SSSR count). The molecule has 0 aliphatic carbocycles. The summed E-state index contributed by atoms with van der Waals surface area (Å²) in [6, 6.07) is 4.79. The average Bonchev–Trinajstić information content (AvgIpc) is 2.31.